The Kier molecular flexibility index (Phi) is 1.91. The monoisotopic (exact) mass is 173 g/mol. The van der Waals surface area contributed by atoms with E-state index < -0.39 is 0 Å². The van der Waals surface area contributed by atoms with Gasteiger partial charge in [0.2, 0.25) is 0 Å². The molecule has 13 heavy (non-hydrogen) atoms. The Morgan fingerprint density at radius 2 is 1.92 bits per heavy atom. The molecule has 0 atom stereocenters. The maximum atomic E-state index is 9.10. The molecule has 0 aliphatic rings. The van der Waals surface area contributed by atoms with Gasteiger partial charge in [-0.15, -0.1) is 0 Å². The quantitative estimate of drug-likeness (QED) is 0.647. The normalized spacial score (nSPS) is 10.5. The molecule has 2 aromatic rings. The summed E-state index contributed by atoms with van der Waals surface area (Å²) in [4.78, 5) is 0. The van der Waals surface area contributed by atoms with Gasteiger partial charge in [-0.05, 0) is 28.5 Å². The van der Waals surface area contributed by atoms with Crippen molar-refractivity contribution in [3.8, 4) is 0 Å². The first-order valence-electron chi connectivity index (χ1n) is 4.19. The standard InChI is InChI=1S/C11H11NO/c12-10-5-8-3-1-2-4-11(8)9(6-10)7-13/h1-6,13H,7,12H2. The van der Waals surface area contributed by atoms with Crippen LogP contribution in [0.25, 0.3) is 10.8 Å². The van der Waals surface area contributed by atoms with E-state index in [1.165, 1.54) is 0 Å². The lowest BCUT2D eigenvalue weighted by Crippen LogP contribution is -1.90. The minimum Gasteiger partial charge on any atom is -0.399 e. The number of aliphatic hydroxyl groups is 1. The molecule has 0 aliphatic carbocycles. The lowest BCUT2D eigenvalue weighted by Gasteiger charge is -2.04. The number of nitrogen functional groups attached to an aromatic ring is 1. The van der Waals surface area contributed by atoms with Crippen molar-refractivity contribution in [1.82, 2.24) is 0 Å². The van der Waals surface area contributed by atoms with Gasteiger partial charge in [0.1, 0.15) is 0 Å². The highest BCUT2D eigenvalue weighted by Crippen LogP contribution is 2.22. The van der Waals surface area contributed by atoms with Crippen LogP contribution in [0, 0.1) is 0 Å². The van der Waals surface area contributed by atoms with Crippen LogP contribution >= 0.6 is 0 Å². The van der Waals surface area contributed by atoms with Crippen molar-refractivity contribution in [3.63, 3.8) is 0 Å². The molecule has 0 heterocycles. The molecule has 0 bridgehead atoms. The minimum absolute atomic E-state index is 0.0333. The van der Waals surface area contributed by atoms with E-state index in [0.717, 1.165) is 16.3 Å². The molecule has 0 spiro atoms. The Balaban J connectivity index is 2.81. The summed E-state index contributed by atoms with van der Waals surface area (Å²) < 4.78 is 0. The largest absolute Gasteiger partial charge is 0.399 e. The molecule has 66 valence electrons. The maximum Gasteiger partial charge on any atom is 0.0688 e. The number of rotatable bonds is 1. The fourth-order valence-corrected chi connectivity index (χ4v) is 1.55. The zero-order valence-corrected chi connectivity index (χ0v) is 7.20. The zero-order valence-electron chi connectivity index (χ0n) is 7.20. The first kappa shape index (κ1) is 8.08. The third-order valence-corrected chi connectivity index (χ3v) is 2.14. The van der Waals surface area contributed by atoms with Crippen molar-refractivity contribution >= 4 is 16.5 Å². The summed E-state index contributed by atoms with van der Waals surface area (Å²) in [7, 11) is 0. The molecule has 2 nitrogen and oxygen atoms in total. The number of benzene rings is 2. The molecule has 0 saturated carbocycles. The van der Waals surface area contributed by atoms with Gasteiger partial charge in [-0.25, -0.2) is 0 Å². The molecule has 2 heteroatoms. The molecule has 0 aliphatic heterocycles. The molecule has 0 amide bonds. The lowest BCUT2D eigenvalue weighted by molar-refractivity contribution is 0.283. The summed E-state index contributed by atoms with van der Waals surface area (Å²) in [5.74, 6) is 0. The molecule has 2 rings (SSSR count). The molecular weight excluding hydrogens is 162 g/mol. The van der Waals surface area contributed by atoms with E-state index in [1.807, 2.05) is 36.4 Å². The summed E-state index contributed by atoms with van der Waals surface area (Å²) in [6, 6.07) is 11.6. The predicted molar refractivity (Wildman–Crippen MR) is 54.3 cm³/mol. The molecule has 0 fully saturated rings. The van der Waals surface area contributed by atoms with Crippen LogP contribution < -0.4 is 5.73 Å². The Labute approximate surface area is 76.6 Å². The van der Waals surface area contributed by atoms with Crippen LogP contribution in [0.5, 0.6) is 0 Å². The van der Waals surface area contributed by atoms with Crippen LogP contribution in [-0.4, -0.2) is 5.11 Å². The number of hydrogen-bond donors (Lipinski definition) is 2. The molecule has 2 aromatic carbocycles. The Hall–Kier alpha value is -1.54. The molecule has 0 unspecified atom stereocenters. The van der Waals surface area contributed by atoms with Crippen LogP contribution in [0.3, 0.4) is 0 Å². The average molecular weight is 173 g/mol. The van der Waals surface area contributed by atoms with Gasteiger partial charge < -0.3 is 10.8 Å². The topological polar surface area (TPSA) is 46.2 Å². The van der Waals surface area contributed by atoms with Gasteiger partial charge in [0.25, 0.3) is 0 Å². The minimum atomic E-state index is 0.0333. The van der Waals surface area contributed by atoms with Gasteiger partial charge in [-0.1, -0.05) is 24.3 Å². The number of aliphatic hydroxyl groups excluding tert-OH is 1. The maximum absolute atomic E-state index is 9.10. The third-order valence-electron chi connectivity index (χ3n) is 2.14. The van der Waals surface area contributed by atoms with Gasteiger partial charge in [0.15, 0.2) is 0 Å². The number of nitrogens with two attached hydrogens (primary N) is 1. The van der Waals surface area contributed by atoms with E-state index in [4.69, 9.17) is 10.8 Å². The third kappa shape index (κ3) is 1.36. The Morgan fingerprint density at radius 3 is 2.69 bits per heavy atom. The average Bonchev–Trinajstić information content (AvgIpc) is 2.16. The number of anilines is 1. The van der Waals surface area contributed by atoms with Crippen molar-refractivity contribution in [3.05, 3.63) is 42.0 Å². The van der Waals surface area contributed by atoms with Gasteiger partial charge in [0, 0.05) is 5.69 Å². The summed E-state index contributed by atoms with van der Waals surface area (Å²) in [5, 5.41) is 11.2. The highest BCUT2D eigenvalue weighted by Gasteiger charge is 2.00. The molecule has 3 N–H and O–H groups in total. The Morgan fingerprint density at radius 1 is 1.15 bits per heavy atom. The second-order valence-electron chi connectivity index (χ2n) is 3.06. The second-order valence-corrected chi connectivity index (χ2v) is 3.06. The van der Waals surface area contributed by atoms with Crippen LogP contribution in [0.15, 0.2) is 36.4 Å². The van der Waals surface area contributed by atoms with Crippen LogP contribution in [0.1, 0.15) is 5.56 Å². The summed E-state index contributed by atoms with van der Waals surface area (Å²) in [5.41, 5.74) is 7.27. The van der Waals surface area contributed by atoms with Gasteiger partial charge in [0.05, 0.1) is 6.61 Å². The fourth-order valence-electron chi connectivity index (χ4n) is 1.55. The van der Waals surface area contributed by atoms with Crippen LogP contribution in [-0.2, 0) is 6.61 Å². The number of hydrogen-bond acceptors (Lipinski definition) is 2. The fraction of sp³-hybridized carbons (Fsp3) is 0.0909. The van der Waals surface area contributed by atoms with Crippen LogP contribution in [0.2, 0.25) is 0 Å². The molecule has 0 saturated heterocycles. The lowest BCUT2D eigenvalue weighted by atomic mass is 10.0. The van der Waals surface area contributed by atoms with E-state index in [9.17, 15) is 0 Å². The van der Waals surface area contributed by atoms with Crippen molar-refractivity contribution in [2.45, 2.75) is 6.61 Å². The van der Waals surface area contributed by atoms with E-state index >= 15 is 0 Å². The summed E-state index contributed by atoms with van der Waals surface area (Å²) in [6.45, 7) is 0.0333. The second kappa shape index (κ2) is 3.07. The van der Waals surface area contributed by atoms with E-state index in [-0.39, 0.29) is 6.61 Å². The van der Waals surface area contributed by atoms with Crippen molar-refractivity contribution in [2.75, 3.05) is 5.73 Å². The smallest absolute Gasteiger partial charge is 0.0688 e. The predicted octanol–water partition coefficient (Wildman–Crippen LogP) is 1.91. The summed E-state index contributed by atoms with van der Waals surface area (Å²) >= 11 is 0. The Bertz CT molecular complexity index is 437. The van der Waals surface area contributed by atoms with Crippen molar-refractivity contribution in [2.24, 2.45) is 0 Å². The molecule has 0 aromatic heterocycles. The highest BCUT2D eigenvalue weighted by molar-refractivity contribution is 5.88. The van der Waals surface area contributed by atoms with E-state index in [0.29, 0.717) is 5.69 Å². The van der Waals surface area contributed by atoms with E-state index in [1.54, 1.807) is 0 Å². The molecule has 0 radical (unpaired) electrons. The van der Waals surface area contributed by atoms with Gasteiger partial charge in [-0.2, -0.15) is 0 Å². The van der Waals surface area contributed by atoms with E-state index in [2.05, 4.69) is 0 Å². The van der Waals surface area contributed by atoms with Gasteiger partial charge >= 0.3 is 0 Å². The summed E-state index contributed by atoms with van der Waals surface area (Å²) in [6.07, 6.45) is 0. The van der Waals surface area contributed by atoms with Crippen molar-refractivity contribution < 1.29 is 5.11 Å². The molecular formula is C11H11NO. The van der Waals surface area contributed by atoms with Crippen LogP contribution in [0.4, 0.5) is 5.69 Å². The zero-order chi connectivity index (χ0) is 9.26. The first-order valence-corrected chi connectivity index (χ1v) is 4.19. The number of fused-ring (bicyclic) bond motifs is 1. The highest BCUT2D eigenvalue weighted by atomic mass is 16.3. The first-order chi connectivity index (χ1) is 6.31. The SMILES string of the molecule is Nc1cc(CO)c2ccccc2c1. The van der Waals surface area contributed by atoms with Gasteiger partial charge in [-0.3, -0.25) is 0 Å². The van der Waals surface area contributed by atoms with Crippen molar-refractivity contribution in [1.29, 1.82) is 0 Å².